The molecule has 1 aliphatic rings. The minimum atomic E-state index is -4.23. The van der Waals surface area contributed by atoms with E-state index in [1.165, 1.54) is 0 Å². The van der Waals surface area contributed by atoms with Gasteiger partial charge < -0.3 is 0 Å². The summed E-state index contributed by atoms with van der Waals surface area (Å²) in [6.45, 7) is 0.109. The lowest BCUT2D eigenvalue weighted by Gasteiger charge is -2.25. The molecule has 1 amide bonds. The lowest BCUT2D eigenvalue weighted by Crippen LogP contribution is -2.46. The van der Waals surface area contributed by atoms with Crippen LogP contribution in [0.4, 0.5) is 0 Å². The van der Waals surface area contributed by atoms with Gasteiger partial charge in [0.15, 0.2) is 0 Å². The molecule has 0 unspecified atom stereocenters. The van der Waals surface area contributed by atoms with E-state index in [0.717, 1.165) is 0 Å². The first-order valence-electron chi connectivity index (χ1n) is 2.30. The Hall–Kier alpha value is -0.620. The molecule has 5 nitrogen and oxygen atoms in total. The molecule has 1 rings (SSSR count). The fourth-order valence-corrected chi connectivity index (χ4v) is 1.21. The maximum Gasteiger partial charge on any atom is 0.362 e. The summed E-state index contributed by atoms with van der Waals surface area (Å²) in [7, 11) is -4.23. The quantitative estimate of drug-likeness (QED) is 0.386. The molecule has 1 fully saturated rings. The number of nitrogens with zero attached hydrogens (tertiary/aromatic N) is 1. The van der Waals surface area contributed by atoms with Gasteiger partial charge in [0.25, 0.3) is 0 Å². The minimum Gasteiger partial charge on any atom is -0.274 e. The van der Waals surface area contributed by atoms with E-state index < -0.39 is 16.2 Å². The normalized spacial score (nSPS) is 19.7. The van der Waals surface area contributed by atoms with E-state index in [9.17, 15) is 13.2 Å². The van der Waals surface area contributed by atoms with Crippen LogP contribution in [0.5, 0.6) is 0 Å². The second-order valence-electron chi connectivity index (χ2n) is 1.69. The molecule has 0 radical (unpaired) electrons. The lowest BCUT2D eigenvalue weighted by molar-refractivity contribution is -0.133. The summed E-state index contributed by atoms with van der Waals surface area (Å²) in [5.41, 5.74) is 0. The first kappa shape index (κ1) is 6.50. The van der Waals surface area contributed by atoms with Crippen LogP contribution < -0.4 is 0 Å². The SMILES string of the molecule is O=C1CCN1S(=O)(=O)O. The van der Waals surface area contributed by atoms with Gasteiger partial charge in [0.2, 0.25) is 5.91 Å². The van der Waals surface area contributed by atoms with Crippen molar-refractivity contribution in [2.24, 2.45) is 0 Å². The van der Waals surface area contributed by atoms with Gasteiger partial charge in [-0.1, -0.05) is 0 Å². The summed E-state index contributed by atoms with van der Waals surface area (Å²) in [6.07, 6.45) is 0.208. The molecule has 1 saturated heterocycles. The van der Waals surface area contributed by atoms with Crippen molar-refractivity contribution in [3.63, 3.8) is 0 Å². The van der Waals surface area contributed by atoms with Gasteiger partial charge in [-0.3, -0.25) is 9.35 Å². The van der Waals surface area contributed by atoms with Crippen LogP contribution in [0.3, 0.4) is 0 Å². The van der Waals surface area contributed by atoms with E-state index in [2.05, 4.69) is 0 Å². The highest BCUT2D eigenvalue weighted by molar-refractivity contribution is 7.84. The zero-order valence-electron chi connectivity index (χ0n) is 4.44. The number of carbonyl (C=O) groups excluding carboxylic acids is 1. The van der Waals surface area contributed by atoms with Crippen LogP contribution in [0.2, 0.25) is 0 Å². The van der Waals surface area contributed by atoms with Crippen molar-refractivity contribution in [3.8, 4) is 0 Å². The van der Waals surface area contributed by atoms with Gasteiger partial charge >= 0.3 is 10.3 Å². The summed E-state index contributed by atoms with van der Waals surface area (Å²) in [5.74, 6) is -0.544. The maximum absolute atomic E-state index is 10.3. The number of hydrogen-bond acceptors (Lipinski definition) is 3. The molecular weight excluding hydrogens is 146 g/mol. The highest BCUT2D eigenvalue weighted by Crippen LogP contribution is 2.11. The van der Waals surface area contributed by atoms with Crippen LogP contribution in [-0.4, -0.2) is 29.7 Å². The Balaban J connectivity index is 2.77. The fraction of sp³-hybridized carbons (Fsp3) is 0.667. The summed E-state index contributed by atoms with van der Waals surface area (Å²) >= 11 is 0. The Kier molecular flexibility index (Phi) is 1.21. The molecule has 1 N–H and O–H groups in total. The van der Waals surface area contributed by atoms with Crippen molar-refractivity contribution >= 4 is 16.2 Å². The van der Waals surface area contributed by atoms with E-state index in [-0.39, 0.29) is 13.0 Å². The topological polar surface area (TPSA) is 74.7 Å². The minimum absolute atomic E-state index is 0.109. The molecule has 0 saturated carbocycles. The average Bonchev–Trinajstić information content (AvgIpc) is 1.57. The van der Waals surface area contributed by atoms with Gasteiger partial charge in [0.05, 0.1) is 0 Å². The van der Waals surface area contributed by atoms with Gasteiger partial charge in [-0.15, -0.1) is 0 Å². The molecular formula is C3H5NO4S. The van der Waals surface area contributed by atoms with Crippen molar-refractivity contribution < 1.29 is 17.8 Å². The van der Waals surface area contributed by atoms with Crippen LogP contribution >= 0.6 is 0 Å². The molecule has 6 heteroatoms. The number of hydrogen-bond donors (Lipinski definition) is 1. The van der Waals surface area contributed by atoms with E-state index >= 15 is 0 Å². The summed E-state index contributed by atoms with van der Waals surface area (Å²) in [5, 5.41) is 0. The Labute approximate surface area is 52.1 Å². The first-order valence-corrected chi connectivity index (χ1v) is 3.69. The van der Waals surface area contributed by atoms with Gasteiger partial charge in [-0.2, -0.15) is 8.42 Å². The predicted molar refractivity (Wildman–Crippen MR) is 27.9 cm³/mol. The third-order valence-electron chi connectivity index (χ3n) is 1.09. The Morgan fingerprint density at radius 3 is 2.11 bits per heavy atom. The number of amides is 1. The number of carbonyl (C=O) groups is 1. The lowest BCUT2D eigenvalue weighted by atomic mass is 10.3. The molecule has 0 aromatic heterocycles. The van der Waals surface area contributed by atoms with Gasteiger partial charge in [-0.05, 0) is 0 Å². The molecule has 0 aliphatic carbocycles. The molecule has 1 aliphatic heterocycles. The van der Waals surface area contributed by atoms with E-state index in [0.29, 0.717) is 4.31 Å². The van der Waals surface area contributed by atoms with Gasteiger partial charge in [-0.25, -0.2) is 4.31 Å². The number of β-lactam (4-membered cyclic amide) rings is 1. The Morgan fingerprint density at radius 2 is 2.11 bits per heavy atom. The smallest absolute Gasteiger partial charge is 0.274 e. The van der Waals surface area contributed by atoms with Crippen molar-refractivity contribution in [1.82, 2.24) is 4.31 Å². The van der Waals surface area contributed by atoms with Crippen LogP contribution in [0.15, 0.2) is 0 Å². The van der Waals surface area contributed by atoms with Gasteiger partial charge in [0, 0.05) is 13.0 Å². The van der Waals surface area contributed by atoms with E-state index in [4.69, 9.17) is 4.55 Å². The van der Waals surface area contributed by atoms with Crippen LogP contribution in [0.25, 0.3) is 0 Å². The second kappa shape index (κ2) is 1.68. The van der Waals surface area contributed by atoms with Crippen LogP contribution in [-0.2, 0) is 15.1 Å². The molecule has 0 atom stereocenters. The van der Waals surface area contributed by atoms with Crippen LogP contribution in [0.1, 0.15) is 6.42 Å². The summed E-state index contributed by atoms with van der Waals surface area (Å²) in [4.78, 5) is 10.3. The van der Waals surface area contributed by atoms with E-state index in [1.54, 1.807) is 0 Å². The molecule has 1 heterocycles. The van der Waals surface area contributed by atoms with E-state index in [1.807, 2.05) is 0 Å². The van der Waals surface area contributed by atoms with Crippen molar-refractivity contribution in [3.05, 3.63) is 0 Å². The first-order chi connectivity index (χ1) is 4.02. The molecule has 0 aromatic carbocycles. The Bertz CT molecular complexity index is 230. The molecule has 52 valence electrons. The molecule has 0 aromatic rings. The number of rotatable bonds is 1. The average molecular weight is 151 g/mol. The van der Waals surface area contributed by atoms with Crippen molar-refractivity contribution in [2.45, 2.75) is 6.42 Å². The van der Waals surface area contributed by atoms with Gasteiger partial charge in [0.1, 0.15) is 0 Å². The fourth-order valence-electron chi connectivity index (χ4n) is 0.538. The largest absolute Gasteiger partial charge is 0.362 e. The predicted octanol–water partition coefficient (Wildman–Crippen LogP) is -0.978. The highest BCUT2D eigenvalue weighted by atomic mass is 32.2. The van der Waals surface area contributed by atoms with Crippen LogP contribution in [0, 0.1) is 0 Å². The molecule has 0 bridgehead atoms. The maximum atomic E-state index is 10.3. The highest BCUT2D eigenvalue weighted by Gasteiger charge is 2.33. The zero-order chi connectivity index (χ0) is 7.07. The Morgan fingerprint density at radius 1 is 1.56 bits per heavy atom. The monoisotopic (exact) mass is 151 g/mol. The third-order valence-corrected chi connectivity index (χ3v) is 2.03. The summed E-state index contributed by atoms with van der Waals surface area (Å²) in [6, 6.07) is 0. The second-order valence-corrected chi connectivity index (χ2v) is 3.03. The molecule has 0 spiro atoms. The standard InChI is InChI=1S/C3H5NO4S/c5-3-1-2-4(3)9(6,7)8/h1-2H2,(H,6,7,8). The molecule has 9 heavy (non-hydrogen) atoms. The zero-order valence-corrected chi connectivity index (χ0v) is 5.26. The third kappa shape index (κ3) is 1.03. The van der Waals surface area contributed by atoms with Crippen molar-refractivity contribution in [1.29, 1.82) is 0 Å². The van der Waals surface area contributed by atoms with Crippen molar-refractivity contribution in [2.75, 3.05) is 6.54 Å². The summed E-state index contributed by atoms with van der Waals surface area (Å²) < 4.78 is 28.8.